The molecule has 0 saturated heterocycles. The van der Waals surface area contributed by atoms with E-state index < -0.39 is 5.91 Å². The first-order chi connectivity index (χ1) is 10.4. The molecule has 2 amide bonds. The summed E-state index contributed by atoms with van der Waals surface area (Å²) < 4.78 is 2.42. The maximum absolute atomic E-state index is 11.9. The second-order valence-corrected chi connectivity index (χ2v) is 6.33. The van der Waals surface area contributed by atoms with Crippen LogP contribution in [-0.4, -0.2) is 16.4 Å². The van der Waals surface area contributed by atoms with Crippen molar-refractivity contribution in [1.82, 2.24) is 15.4 Å². The molecule has 0 aliphatic carbocycles. The minimum absolute atomic E-state index is 0.0348. The van der Waals surface area contributed by atoms with E-state index >= 15 is 0 Å². The van der Waals surface area contributed by atoms with E-state index in [0.717, 1.165) is 4.47 Å². The lowest BCUT2D eigenvalue weighted by Crippen LogP contribution is -2.42. The molecule has 0 spiro atoms. The van der Waals surface area contributed by atoms with Crippen molar-refractivity contribution in [3.8, 4) is 0 Å². The standard InChI is InChI=1S/C14H12BrCl2N3O2/c1-20-7-9(15)5-12(20)14(22)19-18-13(21)4-8-2-3-10(16)6-11(8)17/h2-3,5-7H,4H2,1H3,(H,18,21)(H,19,22). The number of carbonyl (C=O) groups excluding carboxylic acids is 2. The second-order valence-electron chi connectivity index (χ2n) is 4.57. The molecule has 116 valence electrons. The van der Waals surface area contributed by atoms with E-state index in [2.05, 4.69) is 26.8 Å². The van der Waals surface area contributed by atoms with Gasteiger partial charge in [0.05, 0.1) is 6.42 Å². The summed E-state index contributed by atoms with van der Waals surface area (Å²) in [4.78, 5) is 23.8. The van der Waals surface area contributed by atoms with Crippen LogP contribution in [0.1, 0.15) is 16.1 Å². The van der Waals surface area contributed by atoms with Gasteiger partial charge in [0.1, 0.15) is 5.69 Å². The number of amides is 2. The maximum Gasteiger partial charge on any atom is 0.286 e. The summed E-state index contributed by atoms with van der Waals surface area (Å²) in [5.41, 5.74) is 5.74. The Balaban J connectivity index is 1.92. The van der Waals surface area contributed by atoms with Gasteiger partial charge in [-0.15, -0.1) is 0 Å². The Kier molecular flexibility index (Phi) is 5.50. The minimum atomic E-state index is -0.413. The van der Waals surface area contributed by atoms with E-state index in [1.165, 1.54) is 0 Å². The van der Waals surface area contributed by atoms with Gasteiger partial charge >= 0.3 is 0 Å². The molecule has 0 aliphatic heterocycles. The Morgan fingerprint density at radius 1 is 1.23 bits per heavy atom. The van der Waals surface area contributed by atoms with Crippen LogP contribution in [-0.2, 0) is 18.3 Å². The first-order valence-corrected chi connectivity index (χ1v) is 7.76. The zero-order valence-corrected chi connectivity index (χ0v) is 14.6. The average molecular weight is 405 g/mol. The van der Waals surface area contributed by atoms with E-state index in [4.69, 9.17) is 23.2 Å². The molecule has 1 heterocycles. The van der Waals surface area contributed by atoms with Gasteiger partial charge in [-0.1, -0.05) is 29.3 Å². The molecule has 8 heteroatoms. The number of carbonyl (C=O) groups is 2. The molecule has 0 saturated carbocycles. The van der Waals surface area contributed by atoms with Crippen LogP contribution >= 0.6 is 39.1 Å². The predicted octanol–water partition coefficient (Wildman–Crippen LogP) is 3.10. The molecule has 22 heavy (non-hydrogen) atoms. The number of hydrogen-bond donors (Lipinski definition) is 2. The van der Waals surface area contributed by atoms with Crippen molar-refractivity contribution < 1.29 is 9.59 Å². The number of aromatic nitrogens is 1. The van der Waals surface area contributed by atoms with Gasteiger partial charge in [0.2, 0.25) is 5.91 Å². The topological polar surface area (TPSA) is 63.1 Å². The van der Waals surface area contributed by atoms with E-state index in [1.807, 2.05) is 0 Å². The van der Waals surface area contributed by atoms with Crippen molar-refractivity contribution in [2.45, 2.75) is 6.42 Å². The molecule has 0 unspecified atom stereocenters. The summed E-state index contributed by atoms with van der Waals surface area (Å²) in [6.45, 7) is 0. The van der Waals surface area contributed by atoms with Crippen LogP contribution in [0.25, 0.3) is 0 Å². The average Bonchev–Trinajstić information content (AvgIpc) is 2.78. The Hall–Kier alpha value is -1.50. The fourth-order valence-corrected chi connectivity index (χ4v) is 2.82. The molecule has 2 N–H and O–H groups in total. The molecule has 0 atom stereocenters. The molecule has 0 radical (unpaired) electrons. The van der Waals surface area contributed by atoms with Crippen LogP contribution in [0.15, 0.2) is 34.9 Å². The van der Waals surface area contributed by atoms with Crippen molar-refractivity contribution in [3.05, 3.63) is 56.2 Å². The van der Waals surface area contributed by atoms with Crippen LogP contribution in [0.2, 0.25) is 10.0 Å². The lowest BCUT2D eigenvalue weighted by molar-refractivity contribution is -0.121. The minimum Gasteiger partial charge on any atom is -0.345 e. The third-order valence-corrected chi connectivity index (χ3v) is 3.91. The molecule has 1 aromatic carbocycles. The van der Waals surface area contributed by atoms with Crippen molar-refractivity contribution in [1.29, 1.82) is 0 Å². The SMILES string of the molecule is Cn1cc(Br)cc1C(=O)NNC(=O)Cc1ccc(Cl)cc1Cl. The van der Waals surface area contributed by atoms with E-state index in [-0.39, 0.29) is 12.3 Å². The first kappa shape index (κ1) is 16.9. The third-order valence-electron chi connectivity index (χ3n) is 2.89. The maximum atomic E-state index is 11.9. The Morgan fingerprint density at radius 2 is 1.95 bits per heavy atom. The molecule has 1 aromatic heterocycles. The number of hydrogen-bond acceptors (Lipinski definition) is 2. The number of aryl methyl sites for hydroxylation is 1. The van der Waals surface area contributed by atoms with Crippen molar-refractivity contribution in [2.75, 3.05) is 0 Å². The Bertz CT molecular complexity index is 731. The second kappa shape index (κ2) is 7.17. The highest BCUT2D eigenvalue weighted by atomic mass is 79.9. The van der Waals surface area contributed by atoms with Crippen LogP contribution in [0.3, 0.4) is 0 Å². The number of hydrazine groups is 1. The number of nitrogens with zero attached hydrogens (tertiary/aromatic N) is 1. The lowest BCUT2D eigenvalue weighted by Gasteiger charge is -2.09. The highest BCUT2D eigenvalue weighted by Crippen LogP contribution is 2.21. The normalized spacial score (nSPS) is 10.4. The molecular formula is C14H12BrCl2N3O2. The Morgan fingerprint density at radius 3 is 2.55 bits per heavy atom. The first-order valence-electron chi connectivity index (χ1n) is 6.22. The van der Waals surface area contributed by atoms with Gasteiger partial charge in [-0.05, 0) is 39.7 Å². The summed E-state index contributed by atoms with van der Waals surface area (Å²) in [5, 5.41) is 0.900. The van der Waals surface area contributed by atoms with Crippen LogP contribution in [0.5, 0.6) is 0 Å². The molecule has 0 aliphatic rings. The molecule has 5 nitrogen and oxygen atoms in total. The molecule has 2 rings (SSSR count). The van der Waals surface area contributed by atoms with Crippen LogP contribution < -0.4 is 10.9 Å². The lowest BCUT2D eigenvalue weighted by atomic mass is 10.1. The van der Waals surface area contributed by atoms with Gasteiger partial charge in [0.15, 0.2) is 0 Å². The number of nitrogens with one attached hydrogen (secondary N) is 2. The smallest absolute Gasteiger partial charge is 0.286 e. The summed E-state index contributed by atoms with van der Waals surface area (Å²) in [5.74, 6) is -0.797. The third kappa shape index (κ3) is 4.25. The predicted molar refractivity (Wildman–Crippen MR) is 88.9 cm³/mol. The quantitative estimate of drug-likeness (QED) is 0.772. The molecule has 0 bridgehead atoms. The van der Waals surface area contributed by atoms with E-state index in [1.54, 1.807) is 42.1 Å². The molecule has 2 aromatic rings. The van der Waals surface area contributed by atoms with Crippen LogP contribution in [0.4, 0.5) is 0 Å². The van der Waals surface area contributed by atoms with Gasteiger partial charge in [-0.3, -0.25) is 20.4 Å². The summed E-state index contributed by atoms with van der Waals surface area (Å²) in [6, 6.07) is 6.53. The molecule has 0 fully saturated rings. The van der Waals surface area contributed by atoms with E-state index in [9.17, 15) is 9.59 Å². The zero-order valence-electron chi connectivity index (χ0n) is 11.5. The zero-order chi connectivity index (χ0) is 16.3. The number of benzene rings is 1. The van der Waals surface area contributed by atoms with Crippen LogP contribution in [0, 0.1) is 0 Å². The monoisotopic (exact) mass is 403 g/mol. The Labute approximate surface area is 145 Å². The highest BCUT2D eigenvalue weighted by molar-refractivity contribution is 9.10. The fraction of sp³-hybridized carbons (Fsp3) is 0.143. The van der Waals surface area contributed by atoms with Gasteiger partial charge in [-0.2, -0.15) is 0 Å². The van der Waals surface area contributed by atoms with Gasteiger partial charge < -0.3 is 4.57 Å². The van der Waals surface area contributed by atoms with E-state index in [0.29, 0.717) is 21.3 Å². The van der Waals surface area contributed by atoms with Crippen molar-refractivity contribution in [3.63, 3.8) is 0 Å². The number of halogens is 3. The fourth-order valence-electron chi connectivity index (χ4n) is 1.82. The summed E-state index contributed by atoms with van der Waals surface area (Å²) in [7, 11) is 1.73. The summed E-state index contributed by atoms with van der Waals surface area (Å²) >= 11 is 15.1. The largest absolute Gasteiger partial charge is 0.345 e. The van der Waals surface area contributed by atoms with Crippen molar-refractivity contribution in [2.24, 2.45) is 7.05 Å². The number of rotatable bonds is 3. The van der Waals surface area contributed by atoms with Gasteiger partial charge in [0, 0.05) is 27.8 Å². The van der Waals surface area contributed by atoms with Gasteiger partial charge in [0.25, 0.3) is 5.91 Å². The van der Waals surface area contributed by atoms with Crippen molar-refractivity contribution >= 4 is 50.9 Å². The summed E-state index contributed by atoms with van der Waals surface area (Å²) in [6.07, 6.45) is 1.78. The van der Waals surface area contributed by atoms with Gasteiger partial charge in [-0.25, -0.2) is 0 Å². The highest BCUT2D eigenvalue weighted by Gasteiger charge is 2.13. The molecular weight excluding hydrogens is 393 g/mol.